The third-order valence-electron chi connectivity index (χ3n) is 13.1. The molecule has 23 heteroatoms. The van der Waals surface area contributed by atoms with E-state index in [1.165, 1.54) is 30.3 Å². The maximum atomic E-state index is 13.5. The molecule has 21 nitrogen and oxygen atoms in total. The van der Waals surface area contributed by atoms with Gasteiger partial charge in [-0.15, -0.1) is 0 Å². The van der Waals surface area contributed by atoms with Crippen molar-refractivity contribution in [2.45, 2.75) is 104 Å². The molecule has 0 radical (unpaired) electrons. The fourth-order valence-electron chi connectivity index (χ4n) is 9.82. The maximum Gasteiger partial charge on any atom is 0.407 e. The predicted molar refractivity (Wildman–Crippen MR) is 288 cm³/mol. The summed E-state index contributed by atoms with van der Waals surface area (Å²) in [7, 11) is 5.87. The number of ether oxygens (including phenoxy) is 2. The number of fused-ring (bicyclic) bond motifs is 2. The lowest BCUT2D eigenvalue weighted by atomic mass is 10.1. The summed E-state index contributed by atoms with van der Waals surface area (Å²) in [6.07, 6.45) is 1.84. The number of piperidine rings is 2. The standard InChI is InChI=1S/C26H33ClN6O5.C26H31ClN6O4/c1-26(2,3)38-24(36)29-16-10-8-12-32(14-16)22-18(21(28)34)19-20(23(35)31(5)25(37)30(19)4)33(22)13-15-9-6-7-11-17(15)27;1-26(2,3)37-24(35)29-17-10-8-12-32(15-17)22-18(13-28)20-21(23(34)31(5)25(36)30(20)4)33(22)14-16-9-6-7-11-19(16)27/h6-7,9,11,16H,8,10,12-14H2,1-5H3,(H2,28,34)(H,29,36);6-7,9,11,17H,8,10,12,14-15H2,1-5H3,(H,29,35)/t16-;17-/m11/s1. The van der Waals surface area contributed by atoms with Crippen LogP contribution in [0, 0.1) is 11.3 Å². The van der Waals surface area contributed by atoms with E-state index in [0.29, 0.717) is 60.7 Å². The normalized spacial score (nSPS) is 16.0. The fourth-order valence-corrected chi connectivity index (χ4v) is 10.2. The Morgan fingerprint density at radius 2 is 1.04 bits per heavy atom. The summed E-state index contributed by atoms with van der Waals surface area (Å²) < 4.78 is 19.0. The molecule has 8 rings (SSSR count). The van der Waals surface area contributed by atoms with Gasteiger partial charge in [0.05, 0.1) is 24.1 Å². The van der Waals surface area contributed by atoms with Crippen molar-refractivity contribution in [3.8, 4) is 6.07 Å². The van der Waals surface area contributed by atoms with Crippen LogP contribution in [-0.2, 0) is 50.8 Å². The lowest BCUT2D eigenvalue weighted by molar-refractivity contribution is 0.0488. The molecule has 0 saturated carbocycles. The van der Waals surface area contributed by atoms with E-state index in [-0.39, 0.29) is 58.4 Å². The van der Waals surface area contributed by atoms with E-state index in [1.807, 2.05) is 40.1 Å². The summed E-state index contributed by atoms with van der Waals surface area (Å²) >= 11 is 12.9. The first-order valence-corrected chi connectivity index (χ1v) is 25.3. The molecule has 6 aromatic rings. The summed E-state index contributed by atoms with van der Waals surface area (Å²) in [6.45, 7) is 13.0. The Morgan fingerprint density at radius 1 is 0.640 bits per heavy atom. The average molecular weight is 1070 g/mol. The van der Waals surface area contributed by atoms with Gasteiger partial charge in [0.1, 0.15) is 51.1 Å². The number of carbonyl (C=O) groups excluding carboxylic acids is 3. The number of primary amides is 1. The van der Waals surface area contributed by atoms with Gasteiger partial charge in [-0.2, -0.15) is 5.26 Å². The van der Waals surface area contributed by atoms with Crippen molar-refractivity contribution in [3.05, 3.63) is 123 Å². The largest absolute Gasteiger partial charge is 0.444 e. The van der Waals surface area contributed by atoms with Gasteiger partial charge in [0.15, 0.2) is 0 Å². The number of carbonyl (C=O) groups is 3. The van der Waals surface area contributed by atoms with Crippen LogP contribution in [0.4, 0.5) is 21.2 Å². The van der Waals surface area contributed by atoms with Crippen molar-refractivity contribution in [2.24, 2.45) is 33.9 Å². The first kappa shape index (κ1) is 55.3. The highest BCUT2D eigenvalue weighted by atomic mass is 35.5. The summed E-state index contributed by atoms with van der Waals surface area (Å²) in [5.74, 6) is 0.154. The van der Waals surface area contributed by atoms with E-state index in [1.54, 1.807) is 75.9 Å². The molecule has 0 unspecified atom stereocenters. The van der Waals surface area contributed by atoms with E-state index >= 15 is 0 Å². The first-order chi connectivity index (χ1) is 35.2. The highest BCUT2D eigenvalue weighted by molar-refractivity contribution is 6.31. The predicted octanol–water partition coefficient (Wildman–Crippen LogP) is 5.44. The van der Waals surface area contributed by atoms with Crippen LogP contribution in [0.5, 0.6) is 0 Å². The molecule has 75 heavy (non-hydrogen) atoms. The van der Waals surface area contributed by atoms with Crippen molar-refractivity contribution in [1.82, 2.24) is 38.0 Å². The third-order valence-corrected chi connectivity index (χ3v) is 13.8. The zero-order chi connectivity index (χ0) is 55.0. The van der Waals surface area contributed by atoms with Crippen LogP contribution in [0.2, 0.25) is 10.0 Å². The SMILES string of the molecule is Cn1c(=O)c2c(c(C#N)c(N3CCC[C@@H](NC(=O)OC(C)(C)C)C3)n2Cc2ccccc2Cl)n(C)c1=O.Cn1c(=O)c2c(c(C(N)=O)c(N3CCC[C@@H](NC(=O)OC(C)(C)C)C3)n2Cc2ccccc2Cl)n(C)c1=O. The van der Waals surface area contributed by atoms with Crippen LogP contribution in [0.25, 0.3) is 22.1 Å². The minimum Gasteiger partial charge on any atom is -0.444 e. The lowest BCUT2D eigenvalue weighted by Gasteiger charge is -2.36. The fraction of sp³-hybridized carbons (Fsp3) is 0.462. The van der Waals surface area contributed by atoms with Crippen LogP contribution in [0.1, 0.15) is 94.3 Å². The molecular weight excluding hydrogens is 1010 g/mol. The number of nitrogens with one attached hydrogen (secondary N) is 2. The molecule has 2 atom stereocenters. The number of nitriles is 1. The minimum atomic E-state index is -0.770. The number of halogens is 2. The quantitative estimate of drug-likeness (QED) is 0.164. The van der Waals surface area contributed by atoms with Gasteiger partial charge < -0.3 is 44.8 Å². The van der Waals surface area contributed by atoms with E-state index in [9.17, 15) is 38.8 Å². The van der Waals surface area contributed by atoms with E-state index < -0.39 is 51.8 Å². The molecule has 0 aliphatic carbocycles. The second kappa shape index (κ2) is 21.8. The number of amides is 3. The van der Waals surface area contributed by atoms with E-state index in [2.05, 4.69) is 16.7 Å². The van der Waals surface area contributed by atoms with Crippen molar-refractivity contribution < 1.29 is 23.9 Å². The van der Waals surface area contributed by atoms with Crippen molar-refractivity contribution in [1.29, 1.82) is 5.26 Å². The third kappa shape index (κ3) is 11.6. The average Bonchev–Trinajstić information content (AvgIpc) is 3.85. The Labute approximate surface area is 442 Å². The number of hydrogen-bond donors (Lipinski definition) is 3. The number of alkyl carbamates (subject to hydrolysis) is 2. The number of anilines is 2. The van der Waals surface area contributed by atoms with Crippen LogP contribution in [0.3, 0.4) is 0 Å². The summed E-state index contributed by atoms with van der Waals surface area (Å²) in [5, 5.41) is 17.1. The summed E-state index contributed by atoms with van der Waals surface area (Å²) in [5.41, 5.74) is 5.14. The second-order valence-corrected chi connectivity index (χ2v) is 21.7. The maximum absolute atomic E-state index is 13.5. The molecule has 400 valence electrons. The number of benzene rings is 2. The van der Waals surface area contributed by atoms with Crippen molar-refractivity contribution >= 4 is 75.0 Å². The molecule has 2 aliphatic rings. The Bertz CT molecular complexity index is 3510. The zero-order valence-electron chi connectivity index (χ0n) is 43.9. The molecule has 2 aliphatic heterocycles. The van der Waals surface area contributed by atoms with Crippen LogP contribution < -0.4 is 48.7 Å². The second-order valence-electron chi connectivity index (χ2n) is 20.9. The number of aryl methyl sites for hydroxylation is 2. The molecule has 4 N–H and O–H groups in total. The topological polar surface area (TPSA) is 248 Å². The van der Waals surface area contributed by atoms with Gasteiger partial charge in [-0.25, -0.2) is 19.2 Å². The van der Waals surface area contributed by atoms with Gasteiger partial charge in [0.25, 0.3) is 17.0 Å². The molecule has 2 saturated heterocycles. The van der Waals surface area contributed by atoms with Crippen LogP contribution in [0.15, 0.2) is 67.7 Å². The lowest BCUT2D eigenvalue weighted by Crippen LogP contribution is -2.49. The van der Waals surface area contributed by atoms with Gasteiger partial charge in [0.2, 0.25) is 0 Å². The van der Waals surface area contributed by atoms with Crippen molar-refractivity contribution in [3.63, 3.8) is 0 Å². The van der Waals surface area contributed by atoms with Gasteiger partial charge in [-0.1, -0.05) is 59.6 Å². The molecule has 4 aromatic heterocycles. The first-order valence-electron chi connectivity index (χ1n) is 24.5. The van der Waals surface area contributed by atoms with Crippen molar-refractivity contribution in [2.75, 3.05) is 36.0 Å². The molecule has 6 heterocycles. The Hall–Kier alpha value is -7.44. The van der Waals surface area contributed by atoms with Crippen LogP contribution in [-0.4, -0.2) is 95.0 Å². The number of rotatable bonds is 9. The molecule has 0 bridgehead atoms. The van der Waals surface area contributed by atoms with Gasteiger partial charge >= 0.3 is 23.6 Å². The highest BCUT2D eigenvalue weighted by Gasteiger charge is 2.35. The Morgan fingerprint density at radius 3 is 1.45 bits per heavy atom. The molecular formula is C52H64Cl2N12O9. The summed E-state index contributed by atoms with van der Waals surface area (Å²) in [6, 6.07) is 16.2. The molecule has 3 amide bonds. The number of nitrogens with zero attached hydrogens (tertiary/aromatic N) is 9. The zero-order valence-corrected chi connectivity index (χ0v) is 45.4. The van der Waals surface area contributed by atoms with Crippen LogP contribution >= 0.6 is 23.2 Å². The Kier molecular flexibility index (Phi) is 16.1. The Balaban J connectivity index is 0.000000219. The van der Waals surface area contributed by atoms with E-state index in [0.717, 1.165) is 33.1 Å². The number of hydrogen-bond acceptors (Lipinski definition) is 12. The van der Waals surface area contributed by atoms with Gasteiger partial charge in [0, 0.05) is 76.5 Å². The number of aromatic nitrogens is 6. The highest BCUT2D eigenvalue weighted by Crippen LogP contribution is 2.36. The smallest absolute Gasteiger partial charge is 0.407 e. The summed E-state index contributed by atoms with van der Waals surface area (Å²) in [4.78, 5) is 94.2. The van der Waals surface area contributed by atoms with Gasteiger partial charge in [-0.05, 0) is 90.5 Å². The monoisotopic (exact) mass is 1070 g/mol. The number of nitrogens with two attached hydrogens (primary N) is 1. The minimum absolute atomic E-state index is 0.0715. The molecule has 2 fully saturated rings. The van der Waals surface area contributed by atoms with Gasteiger partial charge in [-0.3, -0.25) is 32.7 Å². The molecule has 0 spiro atoms. The molecule has 2 aromatic carbocycles. The van der Waals surface area contributed by atoms with E-state index in [4.69, 9.17) is 38.4 Å².